The number of phenols is 1. The predicted octanol–water partition coefficient (Wildman–Crippen LogP) is 15.3. The van der Waals surface area contributed by atoms with Gasteiger partial charge in [-0.15, -0.1) is 0 Å². The molecule has 0 atom stereocenters. The van der Waals surface area contributed by atoms with Gasteiger partial charge in [-0.05, 0) is 124 Å². The van der Waals surface area contributed by atoms with Crippen molar-refractivity contribution in [3.8, 4) is 78.6 Å². The molecule has 2 aromatic heterocycles. The van der Waals surface area contributed by atoms with Crippen LogP contribution in [0.1, 0.15) is 80.0 Å². The highest BCUT2D eigenvalue weighted by Crippen LogP contribution is 2.45. The smallest absolute Gasteiger partial charge is 0.149 e. The van der Waals surface area contributed by atoms with E-state index < -0.39 is 43.8 Å². The predicted molar refractivity (Wildman–Crippen MR) is 260 cm³/mol. The van der Waals surface area contributed by atoms with Crippen LogP contribution in [0.2, 0.25) is 0 Å². The van der Waals surface area contributed by atoms with Gasteiger partial charge in [-0.3, -0.25) is 9.55 Å². The fourth-order valence-corrected chi connectivity index (χ4v) is 8.25. The van der Waals surface area contributed by atoms with Crippen LogP contribution in [0, 0.1) is 13.8 Å². The molecule has 1 N–H and O–H groups in total. The third-order valence-electron chi connectivity index (χ3n) is 11.4. The molecule has 7 aromatic carbocycles. The van der Waals surface area contributed by atoms with E-state index in [4.69, 9.17) is 26.4 Å². The summed E-state index contributed by atoms with van der Waals surface area (Å²) in [6.07, 6.45) is 1.72. The number of aromatic nitrogens is 3. The number of rotatable bonds is 7. The highest BCUT2D eigenvalue weighted by molar-refractivity contribution is 5.98. The van der Waals surface area contributed by atoms with Gasteiger partial charge in [-0.2, -0.15) is 0 Å². The van der Waals surface area contributed by atoms with Gasteiger partial charge in [0, 0.05) is 44.9 Å². The van der Waals surface area contributed by atoms with Crippen molar-refractivity contribution < 1.29 is 21.6 Å². The van der Waals surface area contributed by atoms with E-state index in [2.05, 4.69) is 12.1 Å². The zero-order chi connectivity index (χ0) is 53.3. The van der Waals surface area contributed by atoms with Crippen LogP contribution >= 0.6 is 0 Å². The van der Waals surface area contributed by atoms with Crippen LogP contribution in [0.3, 0.4) is 0 Å². The van der Waals surface area contributed by atoms with Crippen molar-refractivity contribution in [2.24, 2.45) is 0 Å². The zero-order valence-corrected chi connectivity index (χ0v) is 35.0. The lowest BCUT2D eigenvalue weighted by molar-refractivity contribution is 0.448. The molecule has 62 heavy (non-hydrogen) atoms. The second-order valence-corrected chi connectivity index (χ2v) is 16.9. The summed E-state index contributed by atoms with van der Waals surface area (Å²) in [5, 5.41) is 12.4. The zero-order valence-electron chi connectivity index (χ0n) is 47.0. The molecule has 0 spiro atoms. The van der Waals surface area contributed by atoms with E-state index in [0.29, 0.717) is 56.1 Å². The molecule has 0 radical (unpaired) electrons. The summed E-state index contributed by atoms with van der Waals surface area (Å²) in [6.45, 7) is -4.81. The molecule has 0 saturated carbocycles. The van der Waals surface area contributed by atoms with E-state index in [1.165, 1.54) is 12.1 Å². The molecule has 4 nitrogen and oxygen atoms in total. The van der Waals surface area contributed by atoms with Crippen molar-refractivity contribution >= 4 is 11.0 Å². The van der Waals surface area contributed by atoms with Gasteiger partial charge in [-0.1, -0.05) is 156 Å². The summed E-state index contributed by atoms with van der Waals surface area (Å²) in [6, 6.07) is 49.4. The largest absolute Gasteiger partial charge is 0.507 e. The average molecular weight is 820 g/mol. The lowest BCUT2D eigenvalue weighted by Crippen LogP contribution is -2.13. The minimum Gasteiger partial charge on any atom is -0.507 e. The molecular formula is C58H53N3O. The molecule has 0 aliphatic rings. The molecule has 2 heterocycles. The number of aromatic hydroxyl groups is 1. The highest BCUT2D eigenvalue weighted by atomic mass is 16.3. The maximum absolute atomic E-state index is 12.4. The molecule has 0 amide bonds. The molecular weight excluding hydrogens is 755 g/mol. The Kier molecular flexibility index (Phi) is 7.24. The van der Waals surface area contributed by atoms with Crippen molar-refractivity contribution in [3.05, 3.63) is 192 Å². The Morgan fingerprint density at radius 2 is 1.23 bits per heavy atom. The second kappa shape index (κ2) is 15.8. The van der Waals surface area contributed by atoms with Crippen molar-refractivity contribution in [1.29, 1.82) is 0 Å². The van der Waals surface area contributed by atoms with E-state index in [1.54, 1.807) is 66.9 Å². The maximum Gasteiger partial charge on any atom is 0.149 e. The molecule has 0 fully saturated rings. The number of fused-ring (bicyclic) bond motifs is 1. The van der Waals surface area contributed by atoms with E-state index in [9.17, 15) is 5.11 Å². The number of benzene rings is 7. The Bertz CT molecular complexity index is 3520. The summed E-state index contributed by atoms with van der Waals surface area (Å²) in [5.74, 6) is 0.314. The normalized spacial score (nSPS) is 15.6. The SMILES string of the molecule is [2H]C([2H])([2H])c1ccc(-c2ccnc(-c3cc(-c4ccccc4)cc(-c4cccc5c4nc(-c4cc(C)cc(C(C)(C)C)c4O)n5-c4ccc(C(C([2H])([2H])[2H])(C([2H])([2H])[2H])C([2H])([2H])[2H])cc4-c4ccccc4)c3)c2)cc1. The number of aryl methyl sites for hydroxylation is 2. The van der Waals surface area contributed by atoms with Crippen LogP contribution in [0.4, 0.5) is 0 Å². The fourth-order valence-electron chi connectivity index (χ4n) is 8.25. The third-order valence-corrected chi connectivity index (χ3v) is 11.4. The van der Waals surface area contributed by atoms with Crippen LogP contribution in [0.15, 0.2) is 170 Å². The Balaban J connectivity index is 1.35. The standard InChI is InChI=1S/C58H53N3O/c1-37-22-24-40(25-23-37)42-28-29-59-51(35-42)45-33-43(39-16-11-9-12-17-39)32-44(34-45)47-20-15-21-53-54(47)60-56(49-30-38(2)31-50(55(49)62)58(6,7)8)61(53)52-27-26-46(57(3,4)5)36-48(52)41-18-13-10-14-19-41/h9-36,62H,1-8H3/i1D3,3D3,4D3,5D3. The molecule has 0 aliphatic heterocycles. The molecule has 9 aromatic rings. The van der Waals surface area contributed by atoms with Gasteiger partial charge in [0.1, 0.15) is 11.6 Å². The van der Waals surface area contributed by atoms with Gasteiger partial charge in [0.25, 0.3) is 0 Å². The number of phenolic OH excluding ortho intramolecular Hbond substituents is 1. The quantitative estimate of drug-likeness (QED) is 0.174. The van der Waals surface area contributed by atoms with E-state index >= 15 is 0 Å². The third kappa shape index (κ3) is 7.74. The van der Waals surface area contributed by atoms with Gasteiger partial charge < -0.3 is 5.11 Å². The maximum atomic E-state index is 12.4. The Morgan fingerprint density at radius 1 is 0.532 bits per heavy atom. The lowest BCUT2D eigenvalue weighted by atomic mass is 9.84. The first kappa shape index (κ1) is 28.5. The van der Waals surface area contributed by atoms with Crippen LogP contribution in [0.25, 0.3) is 83.9 Å². The van der Waals surface area contributed by atoms with Crippen LogP contribution in [-0.2, 0) is 10.8 Å². The Hall–Kier alpha value is -7.04. The topological polar surface area (TPSA) is 50.9 Å². The molecule has 306 valence electrons. The fraction of sp³-hybridized carbons (Fsp3) is 0.172. The average Bonchev–Trinajstić information content (AvgIpc) is 3.73. The van der Waals surface area contributed by atoms with E-state index in [0.717, 1.165) is 38.9 Å². The van der Waals surface area contributed by atoms with Gasteiger partial charge in [0.05, 0.1) is 28.0 Å². The van der Waals surface area contributed by atoms with Crippen molar-refractivity contribution in [3.63, 3.8) is 0 Å². The van der Waals surface area contributed by atoms with Gasteiger partial charge in [0.2, 0.25) is 0 Å². The summed E-state index contributed by atoms with van der Waals surface area (Å²) in [4.78, 5) is 10.3. The van der Waals surface area contributed by atoms with E-state index in [1.807, 2.05) is 111 Å². The Morgan fingerprint density at radius 3 is 1.94 bits per heavy atom. The van der Waals surface area contributed by atoms with Gasteiger partial charge in [-0.25, -0.2) is 4.98 Å². The lowest BCUT2D eigenvalue weighted by Gasteiger charge is -2.24. The molecule has 0 aliphatic carbocycles. The van der Waals surface area contributed by atoms with Crippen LogP contribution < -0.4 is 0 Å². The number of hydrogen-bond acceptors (Lipinski definition) is 3. The Labute approximate surface area is 383 Å². The molecule has 4 heteroatoms. The summed E-state index contributed by atoms with van der Waals surface area (Å²) < 4.78 is 103. The molecule has 0 saturated heterocycles. The second-order valence-electron chi connectivity index (χ2n) is 16.9. The first-order valence-electron chi connectivity index (χ1n) is 26.5. The first-order valence-corrected chi connectivity index (χ1v) is 20.5. The number of para-hydroxylation sites is 1. The number of imidazole rings is 1. The summed E-state index contributed by atoms with van der Waals surface area (Å²) >= 11 is 0. The van der Waals surface area contributed by atoms with Crippen LogP contribution in [-0.4, -0.2) is 19.6 Å². The van der Waals surface area contributed by atoms with E-state index in [-0.39, 0.29) is 11.3 Å². The number of pyridine rings is 1. The highest BCUT2D eigenvalue weighted by Gasteiger charge is 2.27. The van der Waals surface area contributed by atoms with Crippen LogP contribution in [0.5, 0.6) is 5.75 Å². The summed E-state index contributed by atoms with van der Waals surface area (Å²) in [7, 11) is 0. The molecule has 0 bridgehead atoms. The molecule has 9 rings (SSSR count). The number of hydrogen-bond donors (Lipinski definition) is 1. The first-order chi connectivity index (χ1) is 34.7. The van der Waals surface area contributed by atoms with Gasteiger partial charge >= 0.3 is 0 Å². The molecule has 0 unspecified atom stereocenters. The monoisotopic (exact) mass is 819 g/mol. The minimum atomic E-state index is -3.51. The van der Waals surface area contributed by atoms with Crippen molar-refractivity contribution in [2.45, 2.75) is 65.9 Å². The van der Waals surface area contributed by atoms with Gasteiger partial charge in [0.15, 0.2) is 0 Å². The minimum absolute atomic E-state index is 0.00215. The number of nitrogens with zero attached hydrogens (tertiary/aromatic N) is 3. The van der Waals surface area contributed by atoms with Crippen molar-refractivity contribution in [2.75, 3.05) is 0 Å². The summed E-state index contributed by atoms with van der Waals surface area (Å²) in [5.41, 5.74) is 6.77. The van der Waals surface area contributed by atoms with Crippen molar-refractivity contribution in [1.82, 2.24) is 14.5 Å².